The molecule has 3 heterocycles. The van der Waals surface area contributed by atoms with Crippen molar-refractivity contribution in [3.63, 3.8) is 0 Å². The van der Waals surface area contributed by atoms with Gasteiger partial charge in [0.25, 0.3) is 0 Å². The molecular formula is C25H27N5OS2. The van der Waals surface area contributed by atoms with Gasteiger partial charge in [-0.3, -0.25) is 4.79 Å². The zero-order valence-corrected chi connectivity index (χ0v) is 20.5. The normalized spacial score (nSPS) is 16.3. The summed E-state index contributed by atoms with van der Waals surface area (Å²) in [5, 5.41) is 8.80. The van der Waals surface area contributed by atoms with E-state index in [4.69, 9.17) is 10.1 Å². The summed E-state index contributed by atoms with van der Waals surface area (Å²) in [7, 11) is 0. The molecule has 0 spiro atoms. The zero-order chi connectivity index (χ0) is 22.8. The molecule has 2 aromatic carbocycles. The molecule has 0 unspecified atom stereocenters. The number of thioether (sulfide) groups is 1. The summed E-state index contributed by atoms with van der Waals surface area (Å²) >= 11 is 3.39. The van der Waals surface area contributed by atoms with Gasteiger partial charge >= 0.3 is 0 Å². The van der Waals surface area contributed by atoms with Gasteiger partial charge in [-0.25, -0.2) is 4.68 Å². The topological polar surface area (TPSA) is 63.1 Å². The molecule has 1 saturated heterocycles. The van der Waals surface area contributed by atoms with Gasteiger partial charge in [0.05, 0.1) is 22.0 Å². The van der Waals surface area contributed by atoms with Crippen LogP contribution in [0.3, 0.4) is 0 Å². The van der Waals surface area contributed by atoms with E-state index in [0.717, 1.165) is 51.8 Å². The molecule has 8 heteroatoms. The first kappa shape index (κ1) is 22.0. The molecule has 170 valence electrons. The molecule has 0 aliphatic carbocycles. The Kier molecular flexibility index (Phi) is 6.37. The van der Waals surface area contributed by atoms with Crippen molar-refractivity contribution < 1.29 is 4.79 Å². The zero-order valence-electron chi connectivity index (χ0n) is 18.8. The van der Waals surface area contributed by atoms with Gasteiger partial charge in [-0.1, -0.05) is 41.7 Å². The number of aromatic nitrogens is 3. The summed E-state index contributed by atoms with van der Waals surface area (Å²) in [4.78, 5) is 21.4. The van der Waals surface area contributed by atoms with Crippen molar-refractivity contribution in [2.75, 3.05) is 24.2 Å². The number of carbonyl (C=O) groups excluding carboxylic acids is 1. The number of anilines is 1. The van der Waals surface area contributed by atoms with Crippen LogP contribution < -0.4 is 10.2 Å². The van der Waals surface area contributed by atoms with Crippen LogP contribution >= 0.6 is 23.1 Å². The second-order valence-electron chi connectivity index (χ2n) is 8.33. The van der Waals surface area contributed by atoms with Crippen molar-refractivity contribution in [2.45, 2.75) is 31.2 Å². The number of para-hydroxylation sites is 1. The summed E-state index contributed by atoms with van der Waals surface area (Å²) in [5.41, 5.74) is 4.00. The molecular weight excluding hydrogens is 450 g/mol. The average Bonchev–Trinajstić information content (AvgIpc) is 3.44. The van der Waals surface area contributed by atoms with Gasteiger partial charge in [0.15, 0.2) is 10.8 Å². The number of carbonyl (C=O) groups is 1. The molecule has 1 N–H and O–H groups in total. The molecule has 0 saturated carbocycles. The fourth-order valence-electron chi connectivity index (χ4n) is 4.25. The molecule has 1 fully saturated rings. The number of piperidine rings is 1. The Morgan fingerprint density at radius 1 is 1.18 bits per heavy atom. The van der Waals surface area contributed by atoms with Crippen molar-refractivity contribution in [1.29, 1.82) is 0 Å². The van der Waals surface area contributed by atoms with Gasteiger partial charge in [0.1, 0.15) is 0 Å². The fourth-order valence-corrected chi connectivity index (χ4v) is 5.68. The minimum absolute atomic E-state index is 0.0250. The van der Waals surface area contributed by atoms with E-state index >= 15 is 0 Å². The van der Waals surface area contributed by atoms with E-state index in [1.807, 2.05) is 41.9 Å². The minimum atomic E-state index is -0.0250. The predicted octanol–water partition coefficient (Wildman–Crippen LogP) is 5.05. The van der Waals surface area contributed by atoms with Gasteiger partial charge in [-0.2, -0.15) is 10.1 Å². The molecule has 5 rings (SSSR count). The Morgan fingerprint density at radius 2 is 1.97 bits per heavy atom. The van der Waals surface area contributed by atoms with E-state index in [9.17, 15) is 4.79 Å². The van der Waals surface area contributed by atoms with Crippen LogP contribution in [0.25, 0.3) is 16.0 Å². The van der Waals surface area contributed by atoms with Gasteiger partial charge in [0.2, 0.25) is 5.91 Å². The van der Waals surface area contributed by atoms with Crippen LogP contribution in [-0.2, 0) is 11.3 Å². The van der Waals surface area contributed by atoms with E-state index in [2.05, 4.69) is 40.7 Å². The van der Waals surface area contributed by atoms with Gasteiger partial charge in [-0.05, 0) is 55.9 Å². The van der Waals surface area contributed by atoms with Crippen LogP contribution in [-0.4, -0.2) is 40.0 Å². The predicted molar refractivity (Wildman–Crippen MR) is 136 cm³/mol. The third-order valence-corrected chi connectivity index (χ3v) is 8.02. The Hall–Kier alpha value is -2.84. The van der Waals surface area contributed by atoms with Crippen LogP contribution in [0.2, 0.25) is 0 Å². The van der Waals surface area contributed by atoms with Crippen LogP contribution in [0.5, 0.6) is 0 Å². The van der Waals surface area contributed by atoms with Gasteiger partial charge in [0, 0.05) is 24.5 Å². The Bertz CT molecular complexity index is 1250. The molecule has 1 amide bonds. The molecule has 1 aliphatic heterocycles. The highest BCUT2D eigenvalue weighted by atomic mass is 32.2. The number of thiazole rings is 1. The highest BCUT2D eigenvalue weighted by Gasteiger charge is 2.28. The molecule has 2 aromatic heterocycles. The molecule has 1 aliphatic rings. The van der Waals surface area contributed by atoms with Crippen LogP contribution in [0, 0.1) is 12.8 Å². The molecule has 6 nitrogen and oxygen atoms in total. The molecule has 0 radical (unpaired) electrons. The first-order valence-electron chi connectivity index (χ1n) is 11.2. The minimum Gasteiger partial charge on any atom is -0.352 e. The van der Waals surface area contributed by atoms with Gasteiger partial charge in [-0.15, -0.1) is 11.8 Å². The lowest BCUT2D eigenvalue weighted by molar-refractivity contribution is -0.125. The SMILES string of the molecule is CSc1ccc(CNC(=O)[C@@H]2CCCN(c3nc4c(s3)c(C)nn4-c3ccccc3)C2)cc1. The molecule has 1 atom stereocenters. The van der Waals surface area contributed by atoms with Crippen LogP contribution in [0.15, 0.2) is 59.5 Å². The van der Waals surface area contributed by atoms with E-state index < -0.39 is 0 Å². The number of aryl methyl sites for hydroxylation is 1. The second kappa shape index (κ2) is 9.57. The van der Waals surface area contributed by atoms with Crippen molar-refractivity contribution in [3.05, 3.63) is 65.9 Å². The highest BCUT2D eigenvalue weighted by Crippen LogP contribution is 2.34. The third kappa shape index (κ3) is 4.63. The number of hydrogen-bond donors (Lipinski definition) is 1. The summed E-state index contributed by atoms with van der Waals surface area (Å²) in [6.07, 6.45) is 3.96. The van der Waals surface area contributed by atoms with Crippen molar-refractivity contribution in [3.8, 4) is 5.69 Å². The summed E-state index contributed by atoms with van der Waals surface area (Å²) in [5.74, 6) is 0.101. The number of nitrogens with one attached hydrogen (secondary N) is 1. The summed E-state index contributed by atoms with van der Waals surface area (Å²) in [6, 6.07) is 18.5. The average molecular weight is 478 g/mol. The molecule has 0 bridgehead atoms. The number of nitrogens with zero attached hydrogens (tertiary/aromatic N) is 4. The lowest BCUT2D eigenvalue weighted by Gasteiger charge is -2.31. The number of hydrogen-bond acceptors (Lipinski definition) is 6. The van der Waals surface area contributed by atoms with Crippen LogP contribution in [0.4, 0.5) is 5.13 Å². The first-order valence-corrected chi connectivity index (χ1v) is 13.2. The quantitative estimate of drug-likeness (QED) is 0.394. The van der Waals surface area contributed by atoms with E-state index in [0.29, 0.717) is 13.1 Å². The van der Waals surface area contributed by atoms with Crippen molar-refractivity contribution in [2.24, 2.45) is 5.92 Å². The summed E-state index contributed by atoms with van der Waals surface area (Å²) < 4.78 is 3.02. The first-order chi connectivity index (χ1) is 16.1. The van der Waals surface area contributed by atoms with Crippen molar-refractivity contribution >= 4 is 44.5 Å². The smallest absolute Gasteiger partial charge is 0.225 e. The molecule has 33 heavy (non-hydrogen) atoms. The highest BCUT2D eigenvalue weighted by molar-refractivity contribution is 7.98. The maximum absolute atomic E-state index is 12.9. The van der Waals surface area contributed by atoms with Crippen molar-refractivity contribution in [1.82, 2.24) is 20.1 Å². The largest absolute Gasteiger partial charge is 0.352 e. The lowest BCUT2D eigenvalue weighted by atomic mass is 9.97. The second-order valence-corrected chi connectivity index (χ2v) is 10.2. The maximum Gasteiger partial charge on any atom is 0.225 e. The fraction of sp³-hybridized carbons (Fsp3) is 0.320. The Labute approximate surface area is 202 Å². The number of benzene rings is 2. The Morgan fingerprint density at radius 3 is 2.73 bits per heavy atom. The Balaban J connectivity index is 1.28. The summed E-state index contributed by atoms with van der Waals surface area (Å²) in [6.45, 7) is 4.22. The maximum atomic E-state index is 12.9. The van der Waals surface area contributed by atoms with Gasteiger partial charge < -0.3 is 10.2 Å². The molecule has 4 aromatic rings. The van der Waals surface area contributed by atoms with E-state index in [1.54, 1.807) is 23.1 Å². The third-order valence-electron chi connectivity index (χ3n) is 6.07. The number of rotatable bonds is 6. The number of fused-ring (bicyclic) bond motifs is 1. The monoisotopic (exact) mass is 477 g/mol. The van der Waals surface area contributed by atoms with Crippen LogP contribution in [0.1, 0.15) is 24.1 Å². The standard InChI is InChI=1S/C25H27N5OS2/c1-17-22-23(30(28-17)20-8-4-3-5-9-20)27-25(33-22)29-14-6-7-19(16-29)24(31)26-15-18-10-12-21(32-2)13-11-18/h3-5,8-13,19H,6-7,14-16H2,1-2H3,(H,26,31)/t19-/m1/s1. The lowest BCUT2D eigenvalue weighted by Crippen LogP contribution is -2.43. The van der Waals surface area contributed by atoms with E-state index in [-0.39, 0.29) is 11.8 Å². The number of amides is 1. The van der Waals surface area contributed by atoms with E-state index in [1.165, 1.54) is 4.90 Å².